The lowest BCUT2D eigenvalue weighted by atomic mass is 10.2. The molecule has 0 aromatic heterocycles. The normalized spacial score (nSPS) is 9.83. The molecule has 0 radical (unpaired) electrons. The van der Waals surface area contributed by atoms with Crippen molar-refractivity contribution in [1.82, 2.24) is 0 Å². The van der Waals surface area contributed by atoms with Crippen LogP contribution >= 0.6 is 0 Å². The molecule has 0 saturated heterocycles. The molecule has 0 bridgehead atoms. The summed E-state index contributed by atoms with van der Waals surface area (Å²) in [6.45, 7) is 0. The maximum absolute atomic E-state index is 11.9. The van der Waals surface area contributed by atoms with Gasteiger partial charge in [0.1, 0.15) is 11.3 Å². The van der Waals surface area contributed by atoms with Gasteiger partial charge in [-0.15, -0.1) is 0 Å². The monoisotopic (exact) mass is 338 g/mol. The van der Waals surface area contributed by atoms with Crippen LogP contribution in [0.1, 0.15) is 36.0 Å². The fourth-order valence-electron chi connectivity index (χ4n) is 1.53. The Morgan fingerprint density at radius 2 is 1.33 bits per heavy atom. The Labute approximate surface area is 135 Å². The number of aliphatic carboxylic acids is 2. The molecule has 0 aliphatic heterocycles. The molecular formula is C15H14O9. The average molecular weight is 338 g/mol. The van der Waals surface area contributed by atoms with Crippen molar-refractivity contribution in [3.05, 3.63) is 29.8 Å². The van der Waals surface area contributed by atoms with E-state index in [0.29, 0.717) is 0 Å². The molecule has 2 N–H and O–H groups in total. The zero-order chi connectivity index (χ0) is 18.1. The van der Waals surface area contributed by atoms with Crippen molar-refractivity contribution < 1.29 is 43.7 Å². The Morgan fingerprint density at radius 1 is 0.792 bits per heavy atom. The molecule has 0 saturated carbocycles. The van der Waals surface area contributed by atoms with Crippen LogP contribution < -0.4 is 4.74 Å². The summed E-state index contributed by atoms with van der Waals surface area (Å²) in [5, 5.41) is 17.0. The Balaban J connectivity index is 2.72. The molecule has 9 nitrogen and oxygen atoms in total. The van der Waals surface area contributed by atoms with E-state index in [4.69, 9.17) is 14.9 Å². The van der Waals surface area contributed by atoms with Crippen molar-refractivity contribution >= 4 is 29.8 Å². The summed E-state index contributed by atoms with van der Waals surface area (Å²) >= 11 is 0. The quantitative estimate of drug-likeness (QED) is 0.403. The average Bonchev–Trinajstić information content (AvgIpc) is 2.51. The summed E-state index contributed by atoms with van der Waals surface area (Å²) in [5.74, 6) is -5.59. The smallest absolute Gasteiger partial charge is 0.349 e. The minimum absolute atomic E-state index is 0.191. The molecule has 0 atom stereocenters. The summed E-state index contributed by atoms with van der Waals surface area (Å²) in [7, 11) is 0. The molecule has 0 aliphatic carbocycles. The summed E-state index contributed by atoms with van der Waals surface area (Å²) in [5.41, 5.74) is -0.218. The van der Waals surface area contributed by atoms with Crippen LogP contribution in [0.4, 0.5) is 0 Å². The third kappa shape index (κ3) is 6.69. The lowest BCUT2D eigenvalue weighted by Crippen LogP contribution is -2.16. The second kappa shape index (κ2) is 9.03. The summed E-state index contributed by atoms with van der Waals surface area (Å²) < 4.78 is 9.37. The van der Waals surface area contributed by atoms with Crippen molar-refractivity contribution in [2.75, 3.05) is 0 Å². The number of carboxylic acid groups (broad SMARTS) is 2. The standard InChI is InChI=1S/C15H14O9/c16-11(17)5-7-13(20)23-10-4-2-1-3-9(10)15(22)24-14(21)8-6-12(18)19/h1-4H,5-8H2,(H,16,17)(H,18,19). The lowest BCUT2D eigenvalue weighted by Gasteiger charge is -2.08. The van der Waals surface area contributed by atoms with Gasteiger partial charge in [0.15, 0.2) is 0 Å². The number of ether oxygens (including phenoxy) is 2. The highest BCUT2D eigenvalue weighted by molar-refractivity contribution is 5.99. The molecule has 0 amide bonds. The molecule has 1 aromatic rings. The molecule has 0 unspecified atom stereocenters. The molecule has 1 aromatic carbocycles. The number of benzene rings is 1. The van der Waals surface area contributed by atoms with Crippen LogP contribution in [-0.4, -0.2) is 40.1 Å². The van der Waals surface area contributed by atoms with Gasteiger partial charge in [0, 0.05) is 0 Å². The fourth-order valence-corrected chi connectivity index (χ4v) is 1.53. The third-order valence-electron chi connectivity index (χ3n) is 2.62. The third-order valence-corrected chi connectivity index (χ3v) is 2.62. The van der Waals surface area contributed by atoms with E-state index in [-0.39, 0.29) is 11.3 Å². The van der Waals surface area contributed by atoms with Gasteiger partial charge in [0.25, 0.3) is 0 Å². The van der Waals surface area contributed by atoms with Gasteiger partial charge in [-0.1, -0.05) is 12.1 Å². The lowest BCUT2D eigenvalue weighted by molar-refractivity contribution is -0.144. The Hall–Kier alpha value is -3.23. The molecule has 0 aliphatic rings. The number of carboxylic acids is 2. The van der Waals surface area contributed by atoms with E-state index in [1.807, 2.05) is 0 Å². The van der Waals surface area contributed by atoms with Gasteiger partial charge in [0.05, 0.1) is 25.7 Å². The first-order valence-corrected chi connectivity index (χ1v) is 6.78. The minimum atomic E-state index is -1.22. The van der Waals surface area contributed by atoms with Crippen molar-refractivity contribution in [1.29, 1.82) is 0 Å². The molecule has 0 spiro atoms. The largest absolute Gasteiger partial charge is 0.481 e. The molecule has 24 heavy (non-hydrogen) atoms. The van der Waals surface area contributed by atoms with Gasteiger partial charge in [0.2, 0.25) is 0 Å². The van der Waals surface area contributed by atoms with E-state index >= 15 is 0 Å². The summed E-state index contributed by atoms with van der Waals surface area (Å²) in [4.78, 5) is 55.5. The number of para-hydroxylation sites is 1. The van der Waals surface area contributed by atoms with Crippen LogP contribution in [-0.2, 0) is 23.9 Å². The first-order chi connectivity index (χ1) is 11.3. The van der Waals surface area contributed by atoms with E-state index in [9.17, 15) is 24.0 Å². The Kier molecular flexibility index (Phi) is 7.08. The van der Waals surface area contributed by atoms with Gasteiger partial charge >= 0.3 is 29.8 Å². The number of hydrogen-bond donors (Lipinski definition) is 2. The number of rotatable bonds is 8. The molecule has 9 heteroatoms. The highest BCUT2D eigenvalue weighted by Gasteiger charge is 2.20. The Bertz CT molecular complexity index is 663. The van der Waals surface area contributed by atoms with Gasteiger partial charge in [-0.3, -0.25) is 19.2 Å². The van der Waals surface area contributed by atoms with Gasteiger partial charge in [-0.2, -0.15) is 0 Å². The first-order valence-electron chi connectivity index (χ1n) is 6.78. The highest BCUT2D eigenvalue weighted by Crippen LogP contribution is 2.20. The second-order valence-corrected chi connectivity index (χ2v) is 4.52. The molecule has 0 fully saturated rings. The van der Waals surface area contributed by atoms with Crippen molar-refractivity contribution in [3.63, 3.8) is 0 Å². The topological polar surface area (TPSA) is 144 Å². The fraction of sp³-hybridized carbons (Fsp3) is 0.267. The number of carbonyl (C=O) groups is 5. The van der Waals surface area contributed by atoms with Crippen LogP contribution in [0.5, 0.6) is 5.75 Å². The molecular weight excluding hydrogens is 324 g/mol. The summed E-state index contributed by atoms with van der Waals surface area (Å²) in [6.07, 6.45) is -1.80. The zero-order valence-electron chi connectivity index (χ0n) is 12.4. The molecule has 128 valence electrons. The van der Waals surface area contributed by atoms with Gasteiger partial charge < -0.3 is 19.7 Å². The van der Waals surface area contributed by atoms with E-state index in [1.54, 1.807) is 0 Å². The van der Waals surface area contributed by atoms with Crippen LogP contribution in [0, 0.1) is 0 Å². The maximum Gasteiger partial charge on any atom is 0.349 e. The zero-order valence-corrected chi connectivity index (χ0v) is 12.4. The van der Waals surface area contributed by atoms with Crippen LogP contribution in [0.2, 0.25) is 0 Å². The maximum atomic E-state index is 11.9. The van der Waals surface area contributed by atoms with Crippen molar-refractivity contribution in [2.24, 2.45) is 0 Å². The number of hydrogen-bond acceptors (Lipinski definition) is 7. The molecule has 0 heterocycles. The first kappa shape index (κ1) is 18.8. The Morgan fingerprint density at radius 3 is 1.92 bits per heavy atom. The van der Waals surface area contributed by atoms with Crippen molar-refractivity contribution in [2.45, 2.75) is 25.7 Å². The van der Waals surface area contributed by atoms with E-state index in [1.165, 1.54) is 24.3 Å². The van der Waals surface area contributed by atoms with E-state index in [0.717, 1.165) is 0 Å². The molecule has 1 rings (SSSR count). The van der Waals surface area contributed by atoms with E-state index < -0.39 is 55.5 Å². The highest BCUT2D eigenvalue weighted by atomic mass is 16.6. The second-order valence-electron chi connectivity index (χ2n) is 4.52. The number of carbonyl (C=O) groups excluding carboxylic acids is 3. The van der Waals surface area contributed by atoms with E-state index in [2.05, 4.69) is 4.74 Å². The predicted molar refractivity (Wildman–Crippen MR) is 76.2 cm³/mol. The van der Waals surface area contributed by atoms with Crippen LogP contribution in [0.3, 0.4) is 0 Å². The van der Waals surface area contributed by atoms with Gasteiger partial charge in [-0.05, 0) is 12.1 Å². The number of esters is 3. The van der Waals surface area contributed by atoms with Crippen LogP contribution in [0.25, 0.3) is 0 Å². The SMILES string of the molecule is O=C(O)CCC(=O)OC(=O)c1ccccc1OC(=O)CCC(=O)O. The minimum Gasteiger partial charge on any atom is -0.481 e. The van der Waals surface area contributed by atoms with Crippen molar-refractivity contribution in [3.8, 4) is 5.75 Å². The summed E-state index contributed by atoms with van der Waals surface area (Å²) in [6, 6.07) is 5.42. The predicted octanol–water partition coefficient (Wildman–Crippen LogP) is 1.00. The van der Waals surface area contributed by atoms with Gasteiger partial charge in [-0.25, -0.2) is 4.79 Å². The van der Waals surface area contributed by atoms with Crippen LogP contribution in [0.15, 0.2) is 24.3 Å².